The van der Waals surface area contributed by atoms with Crippen LogP contribution in [0.2, 0.25) is 0 Å². The fourth-order valence-corrected chi connectivity index (χ4v) is 2.36. The highest BCUT2D eigenvalue weighted by molar-refractivity contribution is 9.10. The van der Waals surface area contributed by atoms with Gasteiger partial charge in [0.05, 0.1) is 18.5 Å². The minimum absolute atomic E-state index is 0.0664. The van der Waals surface area contributed by atoms with Crippen molar-refractivity contribution in [2.24, 2.45) is 5.92 Å². The number of halogens is 1. The number of hydrogen-bond acceptors (Lipinski definition) is 3. The molecule has 0 heterocycles. The van der Waals surface area contributed by atoms with E-state index in [1.54, 1.807) is 31.2 Å². The fourth-order valence-electron chi connectivity index (χ4n) is 1.96. The van der Waals surface area contributed by atoms with Crippen molar-refractivity contribution in [2.75, 3.05) is 6.54 Å². The molecule has 0 fully saturated rings. The first-order chi connectivity index (χ1) is 10.6. The van der Waals surface area contributed by atoms with E-state index in [1.807, 2.05) is 13.8 Å². The zero-order valence-electron chi connectivity index (χ0n) is 13.4. The first kappa shape index (κ1) is 19.2. The SMILES string of the molecule is CC(C)C(C)(CC(=O)O)NC(=O)CNC(=O)c1cccc(Br)c1. The summed E-state index contributed by atoms with van der Waals surface area (Å²) in [6.07, 6.45) is -0.185. The van der Waals surface area contributed by atoms with E-state index in [2.05, 4.69) is 26.6 Å². The van der Waals surface area contributed by atoms with Crippen molar-refractivity contribution >= 4 is 33.7 Å². The maximum Gasteiger partial charge on any atom is 0.305 e. The monoisotopic (exact) mass is 384 g/mol. The first-order valence-electron chi connectivity index (χ1n) is 7.20. The number of benzene rings is 1. The average Bonchev–Trinajstić information content (AvgIpc) is 2.43. The fraction of sp³-hybridized carbons (Fsp3) is 0.438. The molecule has 0 spiro atoms. The van der Waals surface area contributed by atoms with Crippen LogP contribution in [0.1, 0.15) is 37.6 Å². The average molecular weight is 385 g/mol. The van der Waals surface area contributed by atoms with E-state index in [1.165, 1.54) is 0 Å². The van der Waals surface area contributed by atoms with Gasteiger partial charge in [0.1, 0.15) is 0 Å². The van der Waals surface area contributed by atoms with Gasteiger partial charge >= 0.3 is 5.97 Å². The number of rotatable bonds is 7. The maximum atomic E-state index is 12.0. The van der Waals surface area contributed by atoms with Gasteiger partial charge in [-0.15, -0.1) is 0 Å². The summed E-state index contributed by atoms with van der Waals surface area (Å²) in [6, 6.07) is 6.81. The Morgan fingerprint density at radius 1 is 1.30 bits per heavy atom. The lowest BCUT2D eigenvalue weighted by molar-refractivity contribution is -0.139. The van der Waals surface area contributed by atoms with Crippen molar-refractivity contribution in [3.05, 3.63) is 34.3 Å². The second kappa shape index (κ2) is 8.10. The van der Waals surface area contributed by atoms with E-state index in [0.29, 0.717) is 5.56 Å². The van der Waals surface area contributed by atoms with E-state index >= 15 is 0 Å². The number of carbonyl (C=O) groups excluding carboxylic acids is 2. The second-order valence-corrected chi connectivity index (χ2v) is 6.80. The lowest BCUT2D eigenvalue weighted by atomic mass is 9.85. The third-order valence-electron chi connectivity index (χ3n) is 3.71. The van der Waals surface area contributed by atoms with Crippen molar-refractivity contribution in [1.29, 1.82) is 0 Å². The third-order valence-corrected chi connectivity index (χ3v) is 4.21. The molecule has 0 saturated carbocycles. The predicted octanol–water partition coefficient (Wildman–Crippen LogP) is 2.18. The Morgan fingerprint density at radius 2 is 1.96 bits per heavy atom. The summed E-state index contributed by atoms with van der Waals surface area (Å²) in [6.45, 7) is 5.14. The van der Waals surface area contributed by atoms with Crippen LogP contribution in [-0.2, 0) is 9.59 Å². The Bertz CT molecular complexity index is 603. The molecule has 3 N–H and O–H groups in total. The molecule has 126 valence electrons. The zero-order chi connectivity index (χ0) is 17.6. The summed E-state index contributed by atoms with van der Waals surface area (Å²) in [5, 5.41) is 14.2. The van der Waals surface area contributed by atoms with Gasteiger partial charge in [-0.1, -0.05) is 35.8 Å². The largest absolute Gasteiger partial charge is 0.481 e. The predicted molar refractivity (Wildman–Crippen MR) is 90.1 cm³/mol. The highest BCUT2D eigenvalue weighted by Crippen LogP contribution is 2.20. The quantitative estimate of drug-likeness (QED) is 0.671. The van der Waals surface area contributed by atoms with Gasteiger partial charge in [0.15, 0.2) is 0 Å². The molecule has 6 nitrogen and oxygen atoms in total. The summed E-state index contributed by atoms with van der Waals surface area (Å²) in [4.78, 5) is 35.0. The highest BCUT2D eigenvalue weighted by Gasteiger charge is 2.32. The molecule has 0 bridgehead atoms. The van der Waals surface area contributed by atoms with Gasteiger partial charge in [0, 0.05) is 10.0 Å². The van der Waals surface area contributed by atoms with Crippen LogP contribution in [0, 0.1) is 5.92 Å². The number of carboxylic acid groups (broad SMARTS) is 1. The number of nitrogens with one attached hydrogen (secondary N) is 2. The minimum atomic E-state index is -0.986. The van der Waals surface area contributed by atoms with Gasteiger partial charge in [-0.05, 0) is 31.0 Å². The van der Waals surface area contributed by atoms with E-state index in [4.69, 9.17) is 5.11 Å². The molecule has 0 aliphatic carbocycles. The third kappa shape index (κ3) is 6.02. The van der Waals surface area contributed by atoms with Crippen LogP contribution >= 0.6 is 15.9 Å². The van der Waals surface area contributed by atoms with Gasteiger partial charge < -0.3 is 15.7 Å². The molecule has 23 heavy (non-hydrogen) atoms. The Balaban J connectivity index is 2.62. The summed E-state index contributed by atoms with van der Waals surface area (Å²) in [7, 11) is 0. The summed E-state index contributed by atoms with van der Waals surface area (Å²) < 4.78 is 0.767. The van der Waals surface area contributed by atoms with Gasteiger partial charge in [0.2, 0.25) is 5.91 Å². The van der Waals surface area contributed by atoms with Crippen LogP contribution < -0.4 is 10.6 Å². The minimum Gasteiger partial charge on any atom is -0.481 e. The van der Waals surface area contributed by atoms with Gasteiger partial charge in [0.25, 0.3) is 5.91 Å². The van der Waals surface area contributed by atoms with Crippen LogP contribution in [0.5, 0.6) is 0 Å². The van der Waals surface area contributed by atoms with Crippen molar-refractivity contribution in [1.82, 2.24) is 10.6 Å². The lowest BCUT2D eigenvalue weighted by Crippen LogP contribution is -2.53. The summed E-state index contributed by atoms with van der Waals surface area (Å²) in [5.74, 6) is -1.85. The number of carboxylic acids is 1. The Labute approximate surface area is 143 Å². The van der Waals surface area contributed by atoms with E-state index < -0.39 is 17.4 Å². The lowest BCUT2D eigenvalue weighted by Gasteiger charge is -2.33. The molecular formula is C16H21BrN2O4. The van der Waals surface area contributed by atoms with E-state index in [-0.39, 0.29) is 24.8 Å². The molecule has 1 aromatic rings. The molecular weight excluding hydrogens is 364 g/mol. The van der Waals surface area contributed by atoms with E-state index in [9.17, 15) is 14.4 Å². The standard InChI is InChI=1S/C16H21BrN2O4/c1-10(2)16(3,8-14(21)22)19-13(20)9-18-15(23)11-5-4-6-12(17)7-11/h4-7,10H,8-9H2,1-3H3,(H,18,23)(H,19,20)(H,21,22). The number of hydrogen-bond donors (Lipinski definition) is 3. The number of aliphatic carboxylic acids is 1. The van der Waals surface area contributed by atoms with Crippen LogP contribution in [0.15, 0.2) is 28.7 Å². The highest BCUT2D eigenvalue weighted by atomic mass is 79.9. The summed E-state index contributed by atoms with van der Waals surface area (Å²) in [5.41, 5.74) is -0.437. The molecule has 1 aromatic carbocycles. The molecule has 1 atom stereocenters. The molecule has 7 heteroatoms. The molecule has 0 aliphatic rings. The van der Waals surface area contributed by atoms with Crippen LogP contribution in [0.4, 0.5) is 0 Å². The first-order valence-corrected chi connectivity index (χ1v) is 8.00. The number of amides is 2. The molecule has 0 radical (unpaired) electrons. The number of carbonyl (C=O) groups is 3. The Morgan fingerprint density at radius 3 is 2.48 bits per heavy atom. The van der Waals surface area contributed by atoms with Crippen molar-refractivity contribution in [3.8, 4) is 0 Å². The second-order valence-electron chi connectivity index (χ2n) is 5.88. The zero-order valence-corrected chi connectivity index (χ0v) is 14.9. The molecule has 0 saturated heterocycles. The van der Waals surface area contributed by atoms with Crippen molar-refractivity contribution in [2.45, 2.75) is 32.7 Å². The molecule has 0 aromatic heterocycles. The normalized spacial score (nSPS) is 13.3. The molecule has 1 unspecified atom stereocenters. The van der Waals surface area contributed by atoms with Crippen molar-refractivity contribution < 1.29 is 19.5 Å². The van der Waals surface area contributed by atoms with E-state index in [0.717, 1.165) is 4.47 Å². The van der Waals surface area contributed by atoms with Crippen molar-refractivity contribution in [3.63, 3.8) is 0 Å². The summed E-state index contributed by atoms with van der Waals surface area (Å²) >= 11 is 3.27. The molecule has 1 rings (SSSR count). The Kier molecular flexibility index (Phi) is 6.75. The van der Waals surface area contributed by atoms with Crippen LogP contribution in [0.25, 0.3) is 0 Å². The van der Waals surface area contributed by atoms with Crippen LogP contribution in [0.3, 0.4) is 0 Å². The molecule has 2 amide bonds. The van der Waals surface area contributed by atoms with Crippen LogP contribution in [-0.4, -0.2) is 35.0 Å². The smallest absolute Gasteiger partial charge is 0.305 e. The van der Waals surface area contributed by atoms with Gasteiger partial charge in [-0.2, -0.15) is 0 Å². The van der Waals surface area contributed by atoms with Gasteiger partial charge in [-0.25, -0.2) is 0 Å². The maximum absolute atomic E-state index is 12.0. The topological polar surface area (TPSA) is 95.5 Å². The Hall–Kier alpha value is -1.89. The van der Waals surface area contributed by atoms with Gasteiger partial charge in [-0.3, -0.25) is 14.4 Å². The molecule has 0 aliphatic heterocycles.